The van der Waals surface area contributed by atoms with E-state index in [0.29, 0.717) is 63.9 Å². The number of rotatable bonds is 6. The Labute approximate surface area is 260 Å². The van der Waals surface area contributed by atoms with E-state index in [1.165, 1.54) is 13.2 Å². The zero-order valence-electron chi connectivity index (χ0n) is 25.2. The first kappa shape index (κ1) is 28.3. The summed E-state index contributed by atoms with van der Waals surface area (Å²) in [5, 5.41) is 16.1. The quantitative estimate of drug-likeness (QED) is 0.289. The maximum absolute atomic E-state index is 16.9. The number of phenolic OH excluding ortho intramolecular Hbond substituents is 1. The lowest BCUT2D eigenvalue weighted by Crippen LogP contribution is -2.51. The fourth-order valence-electron chi connectivity index (χ4n) is 8.21. The summed E-state index contributed by atoms with van der Waals surface area (Å²) in [5.41, 5.74) is 0.865. The number of hydrogen-bond acceptors (Lipinski definition) is 8. The second-order valence-electron chi connectivity index (χ2n) is 12.9. The van der Waals surface area contributed by atoms with Crippen molar-refractivity contribution >= 4 is 27.5 Å². The minimum absolute atomic E-state index is 0.0167. The summed E-state index contributed by atoms with van der Waals surface area (Å²) in [6.07, 6.45) is 9.46. The molecule has 4 saturated heterocycles. The van der Waals surface area contributed by atoms with Gasteiger partial charge in [-0.05, 0) is 67.4 Å². The number of nitrogens with one attached hydrogen (secondary N) is 1. The van der Waals surface area contributed by atoms with Gasteiger partial charge in [0.2, 0.25) is 0 Å². The smallest absolute Gasteiger partial charge is 0.319 e. The number of fused-ring (bicyclic) bond motifs is 5. The molecule has 0 saturated carbocycles. The summed E-state index contributed by atoms with van der Waals surface area (Å²) in [7, 11) is 1.53. The summed E-state index contributed by atoms with van der Waals surface area (Å²) in [6.45, 7) is 2.99. The molecule has 1 aromatic heterocycles. The van der Waals surface area contributed by atoms with Crippen LogP contribution in [0.4, 0.5) is 14.6 Å². The molecule has 2 bridgehead atoms. The number of methoxy groups -OCH3 is 1. The van der Waals surface area contributed by atoms with Crippen molar-refractivity contribution in [3.8, 4) is 41.0 Å². The first-order valence-electron chi connectivity index (χ1n) is 15.7. The molecule has 8 rings (SSSR count). The normalized spacial score (nSPS) is 26.0. The van der Waals surface area contributed by atoms with Crippen LogP contribution in [0.25, 0.3) is 32.8 Å². The third kappa shape index (κ3) is 4.63. The SMILES string of the molecule is C#Cc1c(OC)ccc2cc(O)cc(-c3ccc4c(N5CC6CCC(C5)N6)nc(OC[C@@]56CCCN5C[C@H](F)C6)nc4c3F)c12. The van der Waals surface area contributed by atoms with E-state index in [1.54, 1.807) is 24.3 Å². The predicted molar refractivity (Wildman–Crippen MR) is 169 cm³/mol. The van der Waals surface area contributed by atoms with Crippen LogP contribution in [-0.2, 0) is 0 Å². The molecule has 10 heteroatoms. The van der Waals surface area contributed by atoms with Gasteiger partial charge in [0, 0.05) is 54.5 Å². The van der Waals surface area contributed by atoms with Crippen LogP contribution in [0.3, 0.4) is 0 Å². The van der Waals surface area contributed by atoms with E-state index in [4.69, 9.17) is 20.9 Å². The number of ether oxygens (including phenoxy) is 2. The molecule has 8 nitrogen and oxygen atoms in total. The van der Waals surface area contributed by atoms with Gasteiger partial charge < -0.3 is 24.8 Å². The van der Waals surface area contributed by atoms with E-state index in [2.05, 4.69) is 26.0 Å². The molecular weight excluding hydrogens is 576 g/mol. The van der Waals surface area contributed by atoms with Crippen molar-refractivity contribution in [1.29, 1.82) is 0 Å². The highest BCUT2D eigenvalue weighted by atomic mass is 19.1. The monoisotopic (exact) mass is 611 g/mol. The van der Waals surface area contributed by atoms with Gasteiger partial charge >= 0.3 is 6.01 Å². The molecule has 2 unspecified atom stereocenters. The Morgan fingerprint density at radius 1 is 1.11 bits per heavy atom. The Kier molecular flexibility index (Phi) is 6.73. The molecule has 5 heterocycles. The minimum Gasteiger partial charge on any atom is -0.508 e. The van der Waals surface area contributed by atoms with Gasteiger partial charge in [0.25, 0.3) is 0 Å². The second kappa shape index (κ2) is 10.7. The molecule has 232 valence electrons. The number of aromatic hydroxyl groups is 1. The van der Waals surface area contributed by atoms with Crippen molar-refractivity contribution in [1.82, 2.24) is 20.2 Å². The van der Waals surface area contributed by atoms with Crippen molar-refractivity contribution in [2.24, 2.45) is 0 Å². The maximum atomic E-state index is 16.9. The fraction of sp³-hybridized carbons (Fsp3) is 0.429. The van der Waals surface area contributed by atoms with Gasteiger partial charge in [0.05, 0.1) is 18.2 Å². The lowest BCUT2D eigenvalue weighted by Gasteiger charge is -2.34. The van der Waals surface area contributed by atoms with E-state index in [-0.39, 0.29) is 29.4 Å². The molecule has 2 N–H and O–H groups in total. The highest BCUT2D eigenvalue weighted by Gasteiger charge is 2.49. The molecule has 3 aromatic carbocycles. The summed E-state index contributed by atoms with van der Waals surface area (Å²) < 4.78 is 43.2. The molecule has 0 amide bonds. The summed E-state index contributed by atoms with van der Waals surface area (Å²) in [5.74, 6) is 3.22. The van der Waals surface area contributed by atoms with E-state index < -0.39 is 17.5 Å². The van der Waals surface area contributed by atoms with E-state index in [0.717, 1.165) is 45.3 Å². The largest absolute Gasteiger partial charge is 0.508 e. The molecule has 4 fully saturated rings. The molecule has 45 heavy (non-hydrogen) atoms. The molecule has 0 radical (unpaired) electrons. The van der Waals surface area contributed by atoms with Crippen molar-refractivity contribution < 1.29 is 23.4 Å². The number of benzene rings is 3. The zero-order chi connectivity index (χ0) is 30.9. The van der Waals surface area contributed by atoms with Crippen LogP contribution >= 0.6 is 0 Å². The number of halogens is 2. The average Bonchev–Trinajstić information content (AvgIpc) is 3.69. The van der Waals surface area contributed by atoms with E-state index in [1.807, 2.05) is 6.07 Å². The van der Waals surface area contributed by atoms with Crippen molar-refractivity contribution in [3.63, 3.8) is 0 Å². The Morgan fingerprint density at radius 2 is 1.93 bits per heavy atom. The highest BCUT2D eigenvalue weighted by Crippen LogP contribution is 2.43. The minimum atomic E-state index is -0.887. The van der Waals surface area contributed by atoms with E-state index in [9.17, 15) is 9.50 Å². The number of nitrogens with zero attached hydrogens (tertiary/aromatic N) is 4. The van der Waals surface area contributed by atoms with Gasteiger partial charge in [0.1, 0.15) is 35.6 Å². The molecule has 4 atom stereocenters. The average molecular weight is 612 g/mol. The van der Waals surface area contributed by atoms with Crippen LogP contribution in [0, 0.1) is 18.2 Å². The molecule has 4 aliphatic heterocycles. The lowest BCUT2D eigenvalue weighted by atomic mass is 9.92. The summed E-state index contributed by atoms with van der Waals surface area (Å²) in [6, 6.07) is 10.9. The number of piperazine rings is 1. The van der Waals surface area contributed by atoms with Gasteiger partial charge in [-0.15, -0.1) is 6.42 Å². The van der Waals surface area contributed by atoms with Gasteiger partial charge in [0.15, 0.2) is 5.82 Å². The molecular formula is C35H35F2N5O3. The van der Waals surface area contributed by atoms with Gasteiger partial charge in [-0.1, -0.05) is 18.1 Å². The zero-order valence-corrected chi connectivity index (χ0v) is 25.2. The van der Waals surface area contributed by atoms with E-state index >= 15 is 4.39 Å². The number of terminal acetylenes is 1. The first-order chi connectivity index (χ1) is 21.9. The number of aromatic nitrogens is 2. The van der Waals surface area contributed by atoms with Crippen LogP contribution in [0.1, 0.15) is 37.7 Å². The second-order valence-corrected chi connectivity index (χ2v) is 12.9. The van der Waals surface area contributed by atoms with Crippen LogP contribution in [0.2, 0.25) is 0 Å². The van der Waals surface area contributed by atoms with Crippen LogP contribution < -0.4 is 19.7 Å². The number of anilines is 1. The maximum Gasteiger partial charge on any atom is 0.319 e. The predicted octanol–water partition coefficient (Wildman–Crippen LogP) is 5.18. The lowest BCUT2D eigenvalue weighted by molar-refractivity contribution is 0.107. The summed E-state index contributed by atoms with van der Waals surface area (Å²) >= 11 is 0. The topological polar surface area (TPSA) is 83.0 Å². The number of hydrogen-bond donors (Lipinski definition) is 2. The fourth-order valence-corrected chi connectivity index (χ4v) is 8.21. The molecule has 4 aliphatic rings. The Morgan fingerprint density at radius 3 is 2.71 bits per heavy atom. The first-order valence-corrected chi connectivity index (χ1v) is 15.7. The Balaban J connectivity index is 1.28. The third-order valence-electron chi connectivity index (χ3n) is 10.2. The van der Waals surface area contributed by atoms with Crippen molar-refractivity contribution in [2.45, 2.75) is 55.9 Å². The molecule has 4 aromatic rings. The van der Waals surface area contributed by atoms with Crippen LogP contribution in [-0.4, -0.2) is 83.7 Å². The number of phenols is 1. The third-order valence-corrected chi connectivity index (χ3v) is 10.2. The number of alkyl halides is 1. The van der Waals surface area contributed by atoms with Gasteiger partial charge in [-0.25, -0.2) is 8.78 Å². The standard InChI is InChI=1S/C35H35F2N5O3/c1-3-25-29(44-2)10-5-20-13-24(43)14-28(30(20)25)26-8-9-27-32(31(26)37)39-34(40-33(27)41-17-22-6-7-23(18-41)38-22)45-19-35-11-4-12-42(35)16-21(36)15-35/h1,5,8-10,13-14,21-23,38,43H,4,6-7,11-12,15-19H2,2H3/t21-,22?,23?,35+/m1/s1. The molecule has 0 spiro atoms. The Bertz CT molecular complexity index is 1870. The van der Waals surface area contributed by atoms with Crippen molar-refractivity contribution in [2.75, 3.05) is 44.8 Å². The van der Waals surface area contributed by atoms with Gasteiger partial charge in [-0.3, -0.25) is 4.90 Å². The molecule has 0 aliphatic carbocycles. The van der Waals surface area contributed by atoms with Gasteiger partial charge in [-0.2, -0.15) is 9.97 Å². The van der Waals surface area contributed by atoms with Crippen LogP contribution in [0.15, 0.2) is 36.4 Å². The highest BCUT2D eigenvalue weighted by molar-refractivity contribution is 6.05. The Hall–Kier alpha value is -4.20. The van der Waals surface area contributed by atoms with Crippen LogP contribution in [0.5, 0.6) is 17.5 Å². The van der Waals surface area contributed by atoms with Crippen molar-refractivity contribution in [3.05, 3.63) is 47.8 Å². The summed E-state index contributed by atoms with van der Waals surface area (Å²) in [4.78, 5) is 13.9.